The fraction of sp³-hybridized carbons (Fsp3) is 0.400. The number of hydrogen-bond donors (Lipinski definition) is 1. The summed E-state index contributed by atoms with van der Waals surface area (Å²) < 4.78 is 16.5. The molecular formula is C20H21BrN2O4S. The van der Waals surface area contributed by atoms with Gasteiger partial charge in [0.1, 0.15) is 11.1 Å². The molecule has 0 fully saturated rings. The normalized spacial score (nSPS) is 15.4. The van der Waals surface area contributed by atoms with Crippen molar-refractivity contribution in [3.8, 4) is 23.3 Å². The molecule has 6 nitrogen and oxygen atoms in total. The van der Waals surface area contributed by atoms with Gasteiger partial charge in [0.05, 0.1) is 36.9 Å². The summed E-state index contributed by atoms with van der Waals surface area (Å²) in [4.78, 5) is 14.2. The van der Waals surface area contributed by atoms with Gasteiger partial charge in [0, 0.05) is 4.88 Å². The molecule has 3 rings (SSSR count). The van der Waals surface area contributed by atoms with Crippen LogP contribution in [-0.4, -0.2) is 27.2 Å². The molecule has 1 heterocycles. The standard InChI is InChI=1S/C20H21BrN2O4S/c1-10-5-6-11-13(9-22)20(28-15(11)7-10)23-19(24)12-8-14(25-2)17(26-3)18(27-4)16(12)21/h8,10H,5-7H2,1-4H3,(H,23,24)/t10-/m0/s1. The zero-order valence-corrected chi connectivity index (χ0v) is 18.5. The van der Waals surface area contributed by atoms with Gasteiger partial charge in [0.15, 0.2) is 11.5 Å². The van der Waals surface area contributed by atoms with Gasteiger partial charge >= 0.3 is 0 Å². The van der Waals surface area contributed by atoms with Gasteiger partial charge in [0.25, 0.3) is 5.91 Å². The summed E-state index contributed by atoms with van der Waals surface area (Å²) in [6.45, 7) is 2.21. The molecule has 1 amide bonds. The largest absolute Gasteiger partial charge is 0.493 e. The first kappa shape index (κ1) is 20.5. The number of nitrogens with one attached hydrogen (secondary N) is 1. The maximum absolute atomic E-state index is 13.0. The molecule has 148 valence electrons. The lowest BCUT2D eigenvalue weighted by atomic mass is 9.88. The second-order valence-corrected chi connectivity index (χ2v) is 8.53. The number of ether oxygens (including phenoxy) is 3. The molecule has 1 aliphatic rings. The fourth-order valence-electron chi connectivity index (χ4n) is 3.41. The molecule has 2 aromatic rings. The predicted octanol–water partition coefficient (Wildman–Crippen LogP) is 4.79. The second kappa shape index (κ2) is 8.41. The third-order valence-electron chi connectivity index (χ3n) is 4.86. The highest BCUT2D eigenvalue weighted by molar-refractivity contribution is 9.10. The van der Waals surface area contributed by atoms with Crippen LogP contribution in [0.25, 0.3) is 0 Å². The van der Waals surface area contributed by atoms with E-state index in [0.29, 0.717) is 43.8 Å². The fourth-order valence-corrected chi connectivity index (χ4v) is 5.41. The van der Waals surface area contributed by atoms with E-state index < -0.39 is 0 Å². The molecule has 8 heteroatoms. The first-order valence-electron chi connectivity index (χ1n) is 8.79. The van der Waals surface area contributed by atoms with Gasteiger partial charge < -0.3 is 19.5 Å². The number of hydrogen-bond acceptors (Lipinski definition) is 6. The number of anilines is 1. The highest BCUT2D eigenvalue weighted by Gasteiger charge is 2.27. The summed E-state index contributed by atoms with van der Waals surface area (Å²) in [5.74, 6) is 1.38. The number of carbonyl (C=O) groups excluding carboxylic acids is 1. The van der Waals surface area contributed by atoms with Crippen LogP contribution in [-0.2, 0) is 12.8 Å². The van der Waals surface area contributed by atoms with Crippen molar-refractivity contribution in [2.75, 3.05) is 26.6 Å². The molecule has 0 saturated carbocycles. The number of thiophene rings is 1. The van der Waals surface area contributed by atoms with E-state index in [4.69, 9.17) is 14.2 Å². The van der Waals surface area contributed by atoms with Crippen LogP contribution in [0.1, 0.15) is 39.7 Å². The quantitative estimate of drug-likeness (QED) is 0.687. The average Bonchev–Trinajstić information content (AvgIpc) is 3.02. The molecule has 0 radical (unpaired) electrons. The summed E-state index contributed by atoms with van der Waals surface area (Å²) in [7, 11) is 4.49. The van der Waals surface area contributed by atoms with Crippen molar-refractivity contribution in [1.82, 2.24) is 0 Å². The molecule has 1 aromatic carbocycles. The monoisotopic (exact) mass is 464 g/mol. The minimum absolute atomic E-state index is 0.332. The van der Waals surface area contributed by atoms with Crippen molar-refractivity contribution in [3.63, 3.8) is 0 Å². The molecule has 28 heavy (non-hydrogen) atoms. The summed E-state index contributed by atoms with van der Waals surface area (Å²) in [5.41, 5.74) is 1.98. The Balaban J connectivity index is 2.00. The Hall–Kier alpha value is -2.24. The molecule has 0 bridgehead atoms. The van der Waals surface area contributed by atoms with Crippen molar-refractivity contribution in [3.05, 3.63) is 32.1 Å². The van der Waals surface area contributed by atoms with Crippen LogP contribution in [0.5, 0.6) is 17.2 Å². The molecular weight excluding hydrogens is 444 g/mol. The Morgan fingerprint density at radius 2 is 2.00 bits per heavy atom. The van der Waals surface area contributed by atoms with Crippen molar-refractivity contribution in [2.24, 2.45) is 5.92 Å². The Labute approximate surface area is 176 Å². The minimum Gasteiger partial charge on any atom is -0.493 e. The predicted molar refractivity (Wildman–Crippen MR) is 112 cm³/mol. The first-order chi connectivity index (χ1) is 13.4. The van der Waals surface area contributed by atoms with Crippen molar-refractivity contribution in [2.45, 2.75) is 26.2 Å². The van der Waals surface area contributed by atoms with Crippen molar-refractivity contribution < 1.29 is 19.0 Å². The number of amides is 1. The number of rotatable bonds is 5. The lowest BCUT2D eigenvalue weighted by Crippen LogP contribution is -2.14. The van der Waals surface area contributed by atoms with E-state index >= 15 is 0 Å². The van der Waals surface area contributed by atoms with E-state index in [9.17, 15) is 10.1 Å². The SMILES string of the molecule is COc1cc(C(=O)Nc2sc3c(c2C#N)CC[C@H](C)C3)c(Br)c(OC)c1OC. The van der Waals surface area contributed by atoms with Gasteiger partial charge in [0.2, 0.25) is 5.75 Å². The zero-order chi connectivity index (χ0) is 20.4. The Morgan fingerprint density at radius 3 is 2.61 bits per heavy atom. The Kier molecular flexibility index (Phi) is 6.16. The van der Waals surface area contributed by atoms with Crippen molar-refractivity contribution >= 4 is 38.2 Å². The molecule has 1 aromatic heterocycles. The highest BCUT2D eigenvalue weighted by atomic mass is 79.9. The molecule has 0 unspecified atom stereocenters. The topological polar surface area (TPSA) is 80.6 Å². The molecule has 0 saturated heterocycles. The maximum Gasteiger partial charge on any atom is 0.257 e. The van der Waals surface area contributed by atoms with Gasteiger partial charge in [-0.1, -0.05) is 6.92 Å². The van der Waals surface area contributed by atoms with Gasteiger partial charge in [-0.15, -0.1) is 11.3 Å². The van der Waals surface area contributed by atoms with Crippen LogP contribution in [0.3, 0.4) is 0 Å². The summed E-state index contributed by atoms with van der Waals surface area (Å²) in [6.07, 6.45) is 2.88. The Morgan fingerprint density at radius 1 is 1.29 bits per heavy atom. The summed E-state index contributed by atoms with van der Waals surface area (Å²) in [6, 6.07) is 3.85. The second-order valence-electron chi connectivity index (χ2n) is 6.63. The summed E-state index contributed by atoms with van der Waals surface area (Å²) >= 11 is 4.92. The highest BCUT2D eigenvalue weighted by Crippen LogP contribution is 2.45. The number of nitriles is 1. The van der Waals surface area contributed by atoms with Gasteiger partial charge in [-0.25, -0.2) is 0 Å². The molecule has 0 spiro atoms. The Bertz CT molecular complexity index is 964. The van der Waals surface area contributed by atoms with Gasteiger partial charge in [-0.2, -0.15) is 5.26 Å². The van der Waals surface area contributed by atoms with E-state index in [1.807, 2.05) is 0 Å². The van der Waals surface area contributed by atoms with Gasteiger partial charge in [-0.05, 0) is 52.7 Å². The summed E-state index contributed by atoms with van der Waals surface area (Å²) in [5, 5.41) is 13.1. The van der Waals surface area contributed by atoms with Gasteiger partial charge in [-0.3, -0.25) is 4.79 Å². The van der Waals surface area contributed by atoms with E-state index in [-0.39, 0.29) is 5.91 Å². The van der Waals surface area contributed by atoms with E-state index in [0.717, 1.165) is 24.8 Å². The minimum atomic E-state index is -0.353. The molecule has 0 aliphatic heterocycles. The number of nitrogens with zero attached hydrogens (tertiary/aromatic N) is 1. The first-order valence-corrected chi connectivity index (χ1v) is 10.4. The number of fused-ring (bicyclic) bond motifs is 1. The van der Waals surface area contributed by atoms with Crippen LogP contribution < -0.4 is 19.5 Å². The lowest BCUT2D eigenvalue weighted by Gasteiger charge is -2.17. The molecule has 1 atom stereocenters. The van der Waals surface area contributed by atoms with Crippen LogP contribution in [0.15, 0.2) is 10.5 Å². The lowest BCUT2D eigenvalue weighted by molar-refractivity contribution is 0.102. The number of methoxy groups -OCH3 is 3. The van der Waals surface area contributed by atoms with E-state index in [1.54, 1.807) is 6.07 Å². The zero-order valence-electron chi connectivity index (χ0n) is 16.1. The maximum atomic E-state index is 13.0. The van der Waals surface area contributed by atoms with Crippen LogP contribution in [0.2, 0.25) is 0 Å². The van der Waals surface area contributed by atoms with Crippen LogP contribution >= 0.6 is 27.3 Å². The number of benzene rings is 1. The third-order valence-corrected chi connectivity index (χ3v) is 6.82. The third kappa shape index (κ3) is 3.56. The van der Waals surface area contributed by atoms with E-state index in [1.165, 1.54) is 37.5 Å². The number of carbonyl (C=O) groups is 1. The van der Waals surface area contributed by atoms with Crippen molar-refractivity contribution in [1.29, 1.82) is 5.26 Å². The smallest absolute Gasteiger partial charge is 0.257 e. The average molecular weight is 465 g/mol. The molecule has 1 aliphatic carbocycles. The number of halogens is 1. The van der Waals surface area contributed by atoms with Crippen LogP contribution in [0, 0.1) is 17.2 Å². The van der Waals surface area contributed by atoms with E-state index in [2.05, 4.69) is 34.2 Å². The van der Waals surface area contributed by atoms with Crippen LogP contribution in [0.4, 0.5) is 5.00 Å². The molecule has 1 N–H and O–H groups in total.